The van der Waals surface area contributed by atoms with Crippen LogP contribution < -0.4 is 10.6 Å². The lowest BCUT2D eigenvalue weighted by molar-refractivity contribution is -0.0540. The zero-order valence-corrected chi connectivity index (χ0v) is 55.0. The fourth-order valence-electron chi connectivity index (χ4n) is 11.4. The van der Waals surface area contributed by atoms with Gasteiger partial charge < -0.3 is 71.0 Å². The van der Waals surface area contributed by atoms with Crippen molar-refractivity contribution in [2.75, 3.05) is 46.9 Å². The summed E-state index contributed by atoms with van der Waals surface area (Å²) >= 11 is 0. The number of β-amino-alcohol motifs (C(OH)–C–C–N with tert-alkyl or cyclic N) is 1. The van der Waals surface area contributed by atoms with Gasteiger partial charge in [-0.1, -0.05) is 91.0 Å². The van der Waals surface area contributed by atoms with E-state index >= 15 is 0 Å². The second-order valence-electron chi connectivity index (χ2n) is 25.2. The minimum Gasteiger partial charge on any atom is -0.447 e. The molecule has 3 N–H and O–H groups in total. The summed E-state index contributed by atoms with van der Waals surface area (Å²) in [5.41, 5.74) is 2.45. The molecule has 0 spiro atoms. The Labute approximate surface area is 552 Å². The molecular weight excluding hydrogens is 1220 g/mol. The van der Waals surface area contributed by atoms with Gasteiger partial charge in [-0.25, -0.2) is 39.3 Å². The van der Waals surface area contributed by atoms with Crippen molar-refractivity contribution in [1.29, 1.82) is 0 Å². The lowest BCUT2D eigenvalue weighted by Gasteiger charge is -2.24. The average Bonchev–Trinajstić information content (AvgIpc) is 1.70. The molecule has 26 nitrogen and oxygen atoms in total. The second-order valence-corrected chi connectivity index (χ2v) is 25.2. The first-order chi connectivity index (χ1) is 45.9. The van der Waals surface area contributed by atoms with Gasteiger partial charge in [0.05, 0.1) is 104 Å². The summed E-state index contributed by atoms with van der Waals surface area (Å²) < 4.78 is 65.1. The Morgan fingerprint density at radius 3 is 1.13 bits per heavy atom. The van der Waals surface area contributed by atoms with Crippen molar-refractivity contribution in [2.45, 2.75) is 165 Å². The summed E-state index contributed by atoms with van der Waals surface area (Å²) in [5, 5.41) is 16.4. The van der Waals surface area contributed by atoms with E-state index in [4.69, 9.17) is 55.2 Å². The largest absolute Gasteiger partial charge is 0.447 e. The maximum atomic E-state index is 12.6. The second kappa shape index (κ2) is 34.6. The van der Waals surface area contributed by atoms with Crippen LogP contribution in [0.15, 0.2) is 175 Å². The van der Waals surface area contributed by atoms with Gasteiger partial charge in [-0.3, -0.25) is 14.7 Å². The Kier molecular flexibility index (Phi) is 25.7. The summed E-state index contributed by atoms with van der Waals surface area (Å²) in [6, 6.07) is 28.2. The number of methoxy groups -OCH3 is 2. The third-order valence-corrected chi connectivity index (χ3v) is 15.7. The van der Waals surface area contributed by atoms with Crippen molar-refractivity contribution in [3.63, 3.8) is 0 Å². The number of aliphatic hydroxyl groups is 1. The fourth-order valence-corrected chi connectivity index (χ4v) is 11.4. The van der Waals surface area contributed by atoms with Gasteiger partial charge in [0, 0.05) is 46.6 Å². The van der Waals surface area contributed by atoms with Crippen LogP contribution in [0, 0.1) is 0 Å². The van der Waals surface area contributed by atoms with Crippen molar-refractivity contribution in [3.05, 3.63) is 199 Å². The van der Waals surface area contributed by atoms with Gasteiger partial charge in [-0.15, -0.1) is 0 Å². The molecule has 5 aliphatic rings. The number of aromatic nitrogens is 5. The zero-order chi connectivity index (χ0) is 67.2. The van der Waals surface area contributed by atoms with Crippen molar-refractivity contribution < 1.29 is 74.7 Å². The summed E-state index contributed by atoms with van der Waals surface area (Å²) in [5.74, 6) is 2.96. The lowest BCUT2D eigenvalue weighted by atomic mass is 10.1. The van der Waals surface area contributed by atoms with E-state index in [1.54, 1.807) is 61.3 Å². The molecule has 0 saturated carbocycles. The Morgan fingerprint density at radius 1 is 0.442 bits per heavy atom. The molecule has 26 heteroatoms. The summed E-state index contributed by atoms with van der Waals surface area (Å²) in [4.78, 5) is 62.5. The number of carbonyl (C=O) groups excluding carboxylic acids is 3. The zero-order valence-electron chi connectivity index (χ0n) is 55.0. The van der Waals surface area contributed by atoms with Gasteiger partial charge in [0.1, 0.15) is 69.3 Å². The van der Waals surface area contributed by atoms with E-state index in [0.29, 0.717) is 56.1 Å². The quantitative estimate of drug-likeness (QED) is 0.0803. The topological polar surface area (TPSA) is 300 Å². The summed E-state index contributed by atoms with van der Waals surface area (Å²) in [7, 11) is 3.36. The monoisotopic (exact) mass is 1310 g/mol. The third-order valence-electron chi connectivity index (χ3n) is 15.7. The van der Waals surface area contributed by atoms with Crippen LogP contribution in [0.3, 0.4) is 0 Å². The van der Waals surface area contributed by atoms with Crippen LogP contribution in [-0.4, -0.2) is 152 Å². The summed E-state index contributed by atoms with van der Waals surface area (Å²) in [6.07, 6.45) is 17.8. The number of likely N-dealkylation sites (tertiary alicyclic amines) is 3. The number of hydrogen-bond donors (Lipinski definition) is 3. The van der Waals surface area contributed by atoms with Crippen LogP contribution in [-0.2, 0) is 53.0 Å². The molecule has 0 radical (unpaired) electrons. The highest BCUT2D eigenvalue weighted by Gasteiger charge is 2.43. The molecule has 5 aromatic heterocycles. The first-order valence-electron chi connectivity index (χ1n) is 31.8. The van der Waals surface area contributed by atoms with Gasteiger partial charge in [0.2, 0.25) is 29.5 Å². The van der Waals surface area contributed by atoms with Crippen LogP contribution in [0.2, 0.25) is 0 Å². The van der Waals surface area contributed by atoms with Gasteiger partial charge in [-0.05, 0) is 71.1 Å². The smallest absolute Gasteiger partial charge is 0.410 e. The summed E-state index contributed by atoms with van der Waals surface area (Å²) in [6.45, 7) is 15.8. The highest BCUT2D eigenvalue weighted by molar-refractivity contribution is 5.70. The van der Waals surface area contributed by atoms with E-state index in [2.05, 4.69) is 56.3 Å². The molecule has 0 unspecified atom stereocenters. The fraction of sp³-hybridized carbons (Fsp3) is 0.478. The van der Waals surface area contributed by atoms with Crippen molar-refractivity contribution in [1.82, 2.24) is 50.3 Å². The molecule has 3 amide bonds. The lowest BCUT2D eigenvalue weighted by Crippen LogP contribution is -2.34. The molecule has 5 saturated heterocycles. The third kappa shape index (κ3) is 21.6. The maximum absolute atomic E-state index is 12.6. The number of amides is 3. The number of hydrogen-bond acceptors (Lipinski definition) is 23. The SMILES string of the molecule is CC(C)(C)O[C@@H]1CN[C@H](c2ncco2)C1.CC(C)(C)O[C@@H]1C[C@@H](c2ncco2)N(C(=O)OCc2ccccc2)C1.CO[C@@H]1C[C@@H](c2ncco2)N(C(=O)OCc2ccccc2)C1.CO[C@H]1CN[C@H](c2ncco2)C1.O=C(OCc1ccccc1)N1C[C@H](O)C[C@H]1c1ncco1. The molecule has 95 heavy (non-hydrogen) atoms. The first-order valence-corrected chi connectivity index (χ1v) is 31.8. The number of benzene rings is 3. The molecular formula is C69H88N10O16. The number of nitrogens with one attached hydrogen (secondary N) is 2. The molecule has 10 atom stereocenters. The minimum absolute atomic E-state index is 0.0406. The van der Waals surface area contributed by atoms with Crippen LogP contribution in [0.25, 0.3) is 0 Å². The van der Waals surface area contributed by atoms with Crippen LogP contribution in [0.4, 0.5) is 14.4 Å². The van der Waals surface area contributed by atoms with Gasteiger partial charge in [0.25, 0.3) is 0 Å². The van der Waals surface area contributed by atoms with Crippen LogP contribution in [0.5, 0.6) is 0 Å². The van der Waals surface area contributed by atoms with E-state index < -0.39 is 12.2 Å². The Balaban J connectivity index is 0.000000142. The number of oxazole rings is 5. The number of carbonyl (C=O) groups is 3. The Hall–Kier alpha value is -8.76. The molecule has 0 aliphatic carbocycles. The molecule has 13 rings (SSSR count). The molecule has 8 aromatic rings. The van der Waals surface area contributed by atoms with E-state index in [1.165, 1.54) is 29.9 Å². The van der Waals surface area contributed by atoms with E-state index in [-0.39, 0.29) is 98.3 Å². The predicted octanol–water partition coefficient (Wildman–Crippen LogP) is 11.5. The number of nitrogens with zero attached hydrogens (tertiary/aromatic N) is 8. The van der Waals surface area contributed by atoms with Crippen molar-refractivity contribution in [3.8, 4) is 0 Å². The van der Waals surface area contributed by atoms with Crippen LogP contribution in [0.1, 0.15) is 150 Å². The van der Waals surface area contributed by atoms with E-state index in [0.717, 1.165) is 54.4 Å². The van der Waals surface area contributed by atoms with E-state index in [1.807, 2.05) is 112 Å². The minimum atomic E-state index is -0.592. The predicted molar refractivity (Wildman–Crippen MR) is 342 cm³/mol. The highest BCUT2D eigenvalue weighted by Crippen LogP contribution is 2.37. The number of aliphatic hydroxyl groups excluding tert-OH is 1. The maximum Gasteiger partial charge on any atom is 0.410 e. The molecule has 10 heterocycles. The van der Waals surface area contributed by atoms with E-state index in [9.17, 15) is 19.5 Å². The standard InChI is InChI=1S/C19H24N2O4.C16H18N2O4.C15H16N2O4.C11H18N2O2.C8H12N2O2/c1-19(2,3)25-15-11-16(17-20-9-10-23-17)21(12-15)18(22)24-13-14-7-5-4-6-8-14;1-20-13-9-14(15-17-7-8-21-15)18(10-13)16(19)22-11-12-5-3-2-4-6-12;18-12-8-13(14-16-6-7-20-14)17(9-12)15(19)21-10-11-4-2-1-3-5-11;1-11(2,3)15-8-6-9(13-7-8)10-12-4-5-14-10;1-11-6-4-7(10-5-6)8-9-2-3-12-8/h4-10,15-16H,11-13H2,1-3H3;2-8,13-14H,9-11H2,1H3;1-7,12-13,18H,8-10H2;4-5,8-9,13H,6-7H2,1-3H3;2-3,6-7,10H,4-5H2,1H3/t15-,16+;13-,14+;12-,13+;8-,9-;6-,7+/m11101/s1. The van der Waals surface area contributed by atoms with Crippen molar-refractivity contribution >= 4 is 18.3 Å². The van der Waals surface area contributed by atoms with Crippen LogP contribution >= 0.6 is 0 Å². The Bertz CT molecular complexity index is 3430. The molecule has 0 bridgehead atoms. The normalized spacial score (nSPS) is 23.1. The number of rotatable bonds is 15. The highest BCUT2D eigenvalue weighted by atomic mass is 16.6. The van der Waals surface area contributed by atoms with Gasteiger partial charge in [-0.2, -0.15) is 0 Å². The Morgan fingerprint density at radius 2 is 0.768 bits per heavy atom. The van der Waals surface area contributed by atoms with Gasteiger partial charge in [0.15, 0.2) is 0 Å². The number of ether oxygens (including phenoxy) is 7. The molecule has 3 aromatic carbocycles. The molecule has 5 aliphatic heterocycles. The van der Waals surface area contributed by atoms with Crippen molar-refractivity contribution in [2.24, 2.45) is 0 Å². The first kappa shape index (κ1) is 70.6. The molecule has 5 fully saturated rings. The van der Waals surface area contributed by atoms with Gasteiger partial charge >= 0.3 is 18.3 Å². The average molecular weight is 1310 g/mol. The molecule has 510 valence electrons.